The molecule has 3 rings (SSSR count). The molecule has 3 atom stereocenters. The maximum Gasteiger partial charge on any atom is 0.314 e. The second kappa shape index (κ2) is 7.97. The number of nitrogens with one attached hydrogen (secondary N) is 2. The molecule has 4 nitrogen and oxygen atoms in total. The van der Waals surface area contributed by atoms with Crippen molar-refractivity contribution in [3.63, 3.8) is 0 Å². The van der Waals surface area contributed by atoms with Crippen molar-refractivity contribution >= 4 is 6.03 Å². The molecule has 0 aliphatic heterocycles. The van der Waals surface area contributed by atoms with Gasteiger partial charge in [0.1, 0.15) is 0 Å². The van der Waals surface area contributed by atoms with Crippen LogP contribution in [0.3, 0.4) is 0 Å². The van der Waals surface area contributed by atoms with Gasteiger partial charge in [-0.25, -0.2) is 4.79 Å². The van der Waals surface area contributed by atoms with E-state index in [-0.39, 0.29) is 6.03 Å². The molecule has 0 bridgehead atoms. The number of urea groups is 1. The van der Waals surface area contributed by atoms with E-state index in [1.54, 1.807) is 0 Å². The van der Waals surface area contributed by atoms with Crippen LogP contribution in [0.5, 0.6) is 0 Å². The van der Waals surface area contributed by atoms with E-state index in [0.717, 1.165) is 12.0 Å². The Morgan fingerprint density at radius 1 is 1.04 bits per heavy atom. The molecule has 2 aromatic carbocycles. The van der Waals surface area contributed by atoms with Gasteiger partial charge in [0.15, 0.2) is 0 Å². The summed E-state index contributed by atoms with van der Waals surface area (Å²) in [5.74, 6) is 1.11. The molecule has 1 aliphatic rings. The van der Waals surface area contributed by atoms with Gasteiger partial charge in [0.2, 0.25) is 0 Å². The molecule has 3 unspecified atom stereocenters. The van der Waals surface area contributed by atoms with Crippen molar-refractivity contribution in [2.75, 3.05) is 13.1 Å². The predicted molar refractivity (Wildman–Crippen MR) is 94.7 cm³/mol. The second-order valence-corrected chi connectivity index (χ2v) is 6.36. The molecule has 1 fully saturated rings. The van der Waals surface area contributed by atoms with E-state index in [0.29, 0.717) is 31.3 Å². The lowest BCUT2D eigenvalue weighted by atomic mass is 10.1. The van der Waals surface area contributed by atoms with Gasteiger partial charge in [-0.05, 0) is 35.8 Å². The van der Waals surface area contributed by atoms with Crippen LogP contribution in [-0.2, 0) is 0 Å². The Morgan fingerprint density at radius 3 is 2.42 bits per heavy atom. The van der Waals surface area contributed by atoms with Crippen molar-refractivity contribution in [3.05, 3.63) is 71.8 Å². The fourth-order valence-electron chi connectivity index (χ4n) is 3.03. The maximum absolute atomic E-state index is 11.8. The minimum Gasteiger partial charge on any atom is -0.388 e. The third-order valence-electron chi connectivity index (χ3n) is 4.56. The molecule has 0 spiro atoms. The van der Waals surface area contributed by atoms with E-state index in [9.17, 15) is 9.90 Å². The van der Waals surface area contributed by atoms with Gasteiger partial charge < -0.3 is 15.7 Å². The maximum atomic E-state index is 11.8. The Balaban J connectivity index is 1.31. The summed E-state index contributed by atoms with van der Waals surface area (Å²) < 4.78 is 0. The molecular formula is C20H24N2O2. The van der Waals surface area contributed by atoms with Crippen LogP contribution in [0.1, 0.15) is 36.0 Å². The summed E-state index contributed by atoms with van der Waals surface area (Å²) in [5.41, 5.74) is 2.24. The summed E-state index contributed by atoms with van der Waals surface area (Å²) in [6, 6.07) is 19.8. The first-order chi connectivity index (χ1) is 11.7. The summed E-state index contributed by atoms with van der Waals surface area (Å²) in [4.78, 5) is 11.8. The van der Waals surface area contributed by atoms with Gasteiger partial charge in [-0.1, -0.05) is 60.7 Å². The normalized spacial score (nSPS) is 20.2. The zero-order valence-corrected chi connectivity index (χ0v) is 13.7. The Hall–Kier alpha value is -2.33. The summed E-state index contributed by atoms with van der Waals surface area (Å²) >= 11 is 0. The molecular weight excluding hydrogens is 300 g/mol. The molecule has 4 heteroatoms. The minimum atomic E-state index is -0.544. The molecule has 24 heavy (non-hydrogen) atoms. The number of amides is 2. The van der Waals surface area contributed by atoms with Crippen LogP contribution in [0, 0.1) is 5.92 Å². The lowest BCUT2D eigenvalue weighted by Crippen LogP contribution is -2.37. The van der Waals surface area contributed by atoms with Gasteiger partial charge in [0.25, 0.3) is 0 Å². The average Bonchev–Trinajstić information content (AvgIpc) is 3.41. The molecule has 3 N–H and O–H groups in total. The van der Waals surface area contributed by atoms with Crippen LogP contribution in [-0.4, -0.2) is 24.2 Å². The molecule has 1 aliphatic carbocycles. The Labute approximate surface area is 142 Å². The van der Waals surface area contributed by atoms with Gasteiger partial charge in [0, 0.05) is 13.1 Å². The fourth-order valence-corrected chi connectivity index (χ4v) is 3.03. The third-order valence-corrected chi connectivity index (χ3v) is 4.56. The van der Waals surface area contributed by atoms with E-state index in [1.165, 1.54) is 5.56 Å². The average molecular weight is 324 g/mol. The molecule has 0 saturated heterocycles. The second-order valence-electron chi connectivity index (χ2n) is 6.36. The Kier molecular flexibility index (Phi) is 5.49. The van der Waals surface area contributed by atoms with Crippen molar-refractivity contribution in [3.8, 4) is 0 Å². The number of aliphatic hydroxyl groups excluding tert-OH is 1. The molecule has 1 saturated carbocycles. The number of hydrogen-bond acceptors (Lipinski definition) is 2. The van der Waals surface area contributed by atoms with Gasteiger partial charge in [-0.2, -0.15) is 0 Å². The number of hydrogen-bond donors (Lipinski definition) is 3. The zero-order chi connectivity index (χ0) is 16.8. The van der Waals surface area contributed by atoms with E-state index in [4.69, 9.17) is 0 Å². The lowest BCUT2D eigenvalue weighted by molar-refractivity contribution is 0.167. The largest absolute Gasteiger partial charge is 0.388 e. The number of aliphatic hydroxyl groups is 1. The molecule has 0 radical (unpaired) electrons. The van der Waals surface area contributed by atoms with Crippen LogP contribution in [0.15, 0.2) is 60.7 Å². The van der Waals surface area contributed by atoms with Gasteiger partial charge >= 0.3 is 6.03 Å². The number of rotatable bonds is 7. The van der Waals surface area contributed by atoms with Crippen LogP contribution < -0.4 is 10.6 Å². The van der Waals surface area contributed by atoms with Crippen molar-refractivity contribution in [2.24, 2.45) is 5.92 Å². The quantitative estimate of drug-likeness (QED) is 0.732. The smallest absolute Gasteiger partial charge is 0.314 e. The third kappa shape index (κ3) is 4.59. The molecule has 2 amide bonds. The molecule has 126 valence electrons. The number of benzene rings is 2. The Morgan fingerprint density at radius 2 is 1.71 bits per heavy atom. The standard InChI is InChI=1S/C20H24N2O2/c23-19(16-9-5-2-6-10-16)11-12-21-20(24)22-14-17-13-18(17)15-7-3-1-4-8-15/h1-10,17-19,23H,11-14H2,(H2,21,22,24). The molecule has 0 heterocycles. The highest BCUT2D eigenvalue weighted by molar-refractivity contribution is 5.73. The van der Waals surface area contributed by atoms with Crippen LogP contribution in [0.25, 0.3) is 0 Å². The van der Waals surface area contributed by atoms with Gasteiger partial charge in [-0.15, -0.1) is 0 Å². The number of carbonyl (C=O) groups is 1. The highest BCUT2D eigenvalue weighted by Gasteiger charge is 2.37. The SMILES string of the molecule is O=C(NCCC(O)c1ccccc1)NCC1CC1c1ccccc1. The fraction of sp³-hybridized carbons (Fsp3) is 0.350. The topological polar surface area (TPSA) is 61.4 Å². The first kappa shape index (κ1) is 16.5. The van der Waals surface area contributed by atoms with E-state index < -0.39 is 6.10 Å². The lowest BCUT2D eigenvalue weighted by Gasteiger charge is -2.12. The zero-order valence-electron chi connectivity index (χ0n) is 13.7. The summed E-state index contributed by atoms with van der Waals surface area (Å²) in [7, 11) is 0. The van der Waals surface area contributed by atoms with E-state index in [1.807, 2.05) is 36.4 Å². The van der Waals surface area contributed by atoms with Crippen molar-refractivity contribution in [2.45, 2.75) is 24.9 Å². The van der Waals surface area contributed by atoms with Crippen molar-refractivity contribution in [1.29, 1.82) is 0 Å². The molecule has 0 aromatic heterocycles. The van der Waals surface area contributed by atoms with Crippen molar-refractivity contribution < 1.29 is 9.90 Å². The van der Waals surface area contributed by atoms with Crippen LogP contribution in [0.4, 0.5) is 4.79 Å². The highest BCUT2D eigenvalue weighted by Crippen LogP contribution is 2.46. The Bertz CT molecular complexity index is 645. The first-order valence-electron chi connectivity index (χ1n) is 8.53. The number of carbonyl (C=O) groups excluding carboxylic acids is 1. The van der Waals surface area contributed by atoms with Gasteiger partial charge in [-0.3, -0.25) is 0 Å². The highest BCUT2D eigenvalue weighted by atomic mass is 16.3. The van der Waals surface area contributed by atoms with E-state index >= 15 is 0 Å². The summed E-state index contributed by atoms with van der Waals surface area (Å²) in [5, 5.41) is 15.8. The monoisotopic (exact) mass is 324 g/mol. The molecule has 2 aromatic rings. The van der Waals surface area contributed by atoms with Gasteiger partial charge in [0.05, 0.1) is 6.10 Å². The summed E-state index contributed by atoms with van der Waals surface area (Å²) in [6.45, 7) is 1.15. The van der Waals surface area contributed by atoms with Crippen molar-refractivity contribution in [1.82, 2.24) is 10.6 Å². The first-order valence-corrected chi connectivity index (χ1v) is 8.53. The van der Waals surface area contributed by atoms with Crippen LogP contribution in [0.2, 0.25) is 0 Å². The van der Waals surface area contributed by atoms with Crippen LogP contribution >= 0.6 is 0 Å². The van der Waals surface area contributed by atoms with E-state index in [2.05, 4.69) is 34.9 Å². The minimum absolute atomic E-state index is 0.158. The predicted octanol–water partition coefficient (Wildman–Crippen LogP) is 3.21. The summed E-state index contributed by atoms with van der Waals surface area (Å²) in [6.07, 6.45) is 1.10.